The van der Waals surface area contributed by atoms with Crippen LogP contribution >= 0.6 is 0 Å². The maximum atomic E-state index is 11.7. The van der Waals surface area contributed by atoms with E-state index < -0.39 is 10.0 Å². The van der Waals surface area contributed by atoms with Crippen LogP contribution in [0.25, 0.3) is 23.3 Å². The van der Waals surface area contributed by atoms with Crippen LogP contribution in [0.5, 0.6) is 0 Å². The molecular weight excluding hydrogens is 394 g/mol. The van der Waals surface area contributed by atoms with Crippen LogP contribution in [-0.4, -0.2) is 25.7 Å². The Balaban J connectivity index is 1.86. The minimum Gasteiger partial charge on any atom is -0.304 e. The topological polar surface area (TPSA) is 71.1 Å². The Morgan fingerprint density at radius 1 is 0.933 bits per heavy atom. The third-order valence-electron chi connectivity index (χ3n) is 4.99. The summed E-state index contributed by atoms with van der Waals surface area (Å²) in [4.78, 5) is 4.74. The largest absolute Gasteiger partial charge is 0.304 e. The lowest BCUT2D eigenvalue weighted by Crippen LogP contribution is -2.30. The van der Waals surface area contributed by atoms with Gasteiger partial charge in [-0.1, -0.05) is 42.5 Å². The molecule has 1 aliphatic carbocycles. The quantitative estimate of drug-likeness (QED) is 0.629. The van der Waals surface area contributed by atoms with Crippen LogP contribution in [0.4, 0.5) is 5.69 Å². The van der Waals surface area contributed by atoms with Gasteiger partial charge in [-0.05, 0) is 60.4 Å². The number of nitrogens with one attached hydrogen (secondary N) is 2. The first-order valence-corrected chi connectivity index (χ1v) is 11.8. The van der Waals surface area contributed by atoms with E-state index in [9.17, 15) is 8.42 Å². The number of rotatable bonds is 5. The molecule has 6 heteroatoms. The zero-order valence-electron chi connectivity index (χ0n) is 17.3. The van der Waals surface area contributed by atoms with Crippen LogP contribution in [-0.2, 0) is 10.0 Å². The predicted molar refractivity (Wildman–Crippen MR) is 124 cm³/mol. The van der Waals surface area contributed by atoms with Crippen molar-refractivity contribution in [2.75, 3.05) is 11.0 Å². The summed E-state index contributed by atoms with van der Waals surface area (Å²) < 4.78 is 26.1. The second-order valence-electron chi connectivity index (χ2n) is 7.87. The van der Waals surface area contributed by atoms with E-state index in [4.69, 9.17) is 4.98 Å². The number of pyridine rings is 1. The van der Waals surface area contributed by atoms with Crippen molar-refractivity contribution in [3.05, 3.63) is 83.2 Å². The average Bonchev–Trinajstić information content (AvgIpc) is 2.84. The second-order valence-corrected chi connectivity index (χ2v) is 9.62. The van der Waals surface area contributed by atoms with Crippen LogP contribution < -0.4 is 10.0 Å². The van der Waals surface area contributed by atoms with Crippen LogP contribution in [0, 0.1) is 0 Å². The van der Waals surface area contributed by atoms with Crippen LogP contribution in [0.15, 0.2) is 60.8 Å². The lowest BCUT2D eigenvalue weighted by Gasteiger charge is -2.25. The molecule has 3 aromatic rings. The molecular formula is C24H25N3O2S. The minimum atomic E-state index is -3.36. The Morgan fingerprint density at radius 2 is 1.70 bits per heavy atom. The third kappa shape index (κ3) is 4.45. The maximum absolute atomic E-state index is 11.7. The highest BCUT2D eigenvalue weighted by Gasteiger charge is 2.24. The normalized spacial score (nSPS) is 15.4. The highest BCUT2D eigenvalue weighted by molar-refractivity contribution is 7.92. The smallest absolute Gasteiger partial charge is 0.229 e. The van der Waals surface area contributed by atoms with Crippen molar-refractivity contribution in [2.45, 2.75) is 25.9 Å². The average molecular weight is 420 g/mol. The van der Waals surface area contributed by atoms with Crippen molar-refractivity contribution >= 4 is 27.9 Å². The number of fused-ring (bicyclic) bond motifs is 2. The summed E-state index contributed by atoms with van der Waals surface area (Å²) in [6, 6.07) is 18.1. The number of hydrogen-bond donors (Lipinski definition) is 2. The molecule has 0 amide bonds. The van der Waals surface area contributed by atoms with E-state index in [1.54, 1.807) is 6.07 Å². The Labute approximate surface area is 177 Å². The number of hydrogen-bond acceptors (Lipinski definition) is 4. The van der Waals surface area contributed by atoms with Crippen molar-refractivity contribution in [3.8, 4) is 11.1 Å². The Kier molecular flexibility index (Phi) is 5.45. The summed E-state index contributed by atoms with van der Waals surface area (Å²) >= 11 is 0. The van der Waals surface area contributed by atoms with Gasteiger partial charge in [0.1, 0.15) is 0 Å². The molecule has 1 aliphatic rings. The van der Waals surface area contributed by atoms with Gasteiger partial charge in [-0.25, -0.2) is 8.42 Å². The van der Waals surface area contributed by atoms with Gasteiger partial charge in [-0.2, -0.15) is 0 Å². The molecule has 1 unspecified atom stereocenters. The Bertz CT molecular complexity index is 1200. The SMILES string of the molecule is CC(C)NC1c2cc(NS(C)(=O)=O)ccc2C=Cc2ncc(-c3ccccc3)cc21. The van der Waals surface area contributed by atoms with Gasteiger partial charge in [0, 0.05) is 23.5 Å². The monoisotopic (exact) mass is 419 g/mol. The van der Waals surface area contributed by atoms with E-state index in [1.807, 2.05) is 48.7 Å². The van der Waals surface area contributed by atoms with Crippen LogP contribution in [0.2, 0.25) is 0 Å². The fraction of sp³-hybridized carbons (Fsp3) is 0.208. The fourth-order valence-corrected chi connectivity index (χ4v) is 4.31. The van der Waals surface area contributed by atoms with Crippen LogP contribution in [0.3, 0.4) is 0 Å². The molecule has 1 heterocycles. The highest BCUT2D eigenvalue weighted by atomic mass is 32.2. The number of nitrogens with zero attached hydrogens (tertiary/aromatic N) is 1. The number of aromatic nitrogens is 1. The molecule has 0 radical (unpaired) electrons. The van der Waals surface area contributed by atoms with Gasteiger partial charge >= 0.3 is 0 Å². The van der Waals surface area contributed by atoms with E-state index in [1.165, 1.54) is 0 Å². The van der Waals surface area contributed by atoms with Gasteiger partial charge in [0.2, 0.25) is 10.0 Å². The first-order valence-electron chi connectivity index (χ1n) is 9.91. The minimum absolute atomic E-state index is 0.123. The molecule has 0 bridgehead atoms. The zero-order chi connectivity index (χ0) is 21.3. The first kappa shape index (κ1) is 20.3. The molecule has 2 aromatic carbocycles. The zero-order valence-corrected chi connectivity index (χ0v) is 18.1. The molecule has 1 atom stereocenters. The van der Waals surface area contributed by atoms with Crippen molar-refractivity contribution in [3.63, 3.8) is 0 Å². The van der Waals surface area contributed by atoms with E-state index in [0.717, 1.165) is 39.8 Å². The van der Waals surface area contributed by atoms with Gasteiger partial charge in [0.05, 0.1) is 18.0 Å². The van der Waals surface area contributed by atoms with Crippen molar-refractivity contribution in [1.82, 2.24) is 10.3 Å². The molecule has 5 nitrogen and oxygen atoms in total. The summed E-state index contributed by atoms with van der Waals surface area (Å²) in [7, 11) is -3.36. The third-order valence-corrected chi connectivity index (χ3v) is 5.60. The second kappa shape index (κ2) is 8.05. The summed E-state index contributed by atoms with van der Waals surface area (Å²) in [6.45, 7) is 4.20. The van der Waals surface area contributed by atoms with Gasteiger partial charge in [0.25, 0.3) is 0 Å². The lowest BCUT2D eigenvalue weighted by molar-refractivity contribution is 0.527. The van der Waals surface area contributed by atoms with Crippen molar-refractivity contribution < 1.29 is 8.42 Å². The molecule has 0 fully saturated rings. The van der Waals surface area contributed by atoms with Gasteiger partial charge < -0.3 is 5.32 Å². The summed E-state index contributed by atoms with van der Waals surface area (Å²) in [6.07, 6.45) is 7.12. The summed E-state index contributed by atoms with van der Waals surface area (Å²) in [5.74, 6) is 0. The molecule has 4 rings (SSSR count). The summed E-state index contributed by atoms with van der Waals surface area (Å²) in [5.41, 5.74) is 6.73. The molecule has 0 spiro atoms. The molecule has 154 valence electrons. The molecule has 0 saturated heterocycles. The molecule has 30 heavy (non-hydrogen) atoms. The first-order chi connectivity index (χ1) is 14.3. The van der Waals surface area contributed by atoms with Gasteiger partial charge in [-0.3, -0.25) is 9.71 Å². The summed E-state index contributed by atoms with van der Waals surface area (Å²) in [5, 5.41) is 3.65. The molecule has 2 N–H and O–H groups in total. The van der Waals surface area contributed by atoms with Crippen LogP contribution in [0.1, 0.15) is 42.3 Å². The molecule has 0 aliphatic heterocycles. The standard InChI is InChI=1S/C24H25N3O2S/c1-16(2)26-24-21-14-20(27-30(3,28)29)11-9-18(21)10-12-23-22(24)13-19(15-25-23)17-7-5-4-6-8-17/h4-16,24,26-27H,1-3H3. The number of anilines is 1. The van der Waals surface area contributed by atoms with E-state index >= 15 is 0 Å². The lowest BCUT2D eigenvalue weighted by atomic mass is 9.93. The molecule has 0 saturated carbocycles. The van der Waals surface area contributed by atoms with Crippen molar-refractivity contribution in [2.24, 2.45) is 0 Å². The van der Waals surface area contributed by atoms with E-state index in [0.29, 0.717) is 5.69 Å². The molecule has 1 aromatic heterocycles. The Morgan fingerprint density at radius 3 is 2.40 bits per heavy atom. The van der Waals surface area contributed by atoms with Gasteiger partial charge in [0.15, 0.2) is 0 Å². The Hall–Kier alpha value is -2.96. The van der Waals surface area contributed by atoms with Crippen molar-refractivity contribution in [1.29, 1.82) is 0 Å². The van der Waals surface area contributed by atoms with E-state index in [-0.39, 0.29) is 12.1 Å². The number of sulfonamides is 1. The maximum Gasteiger partial charge on any atom is 0.229 e. The van der Waals surface area contributed by atoms with Gasteiger partial charge in [-0.15, -0.1) is 0 Å². The predicted octanol–water partition coefficient (Wildman–Crippen LogP) is 4.69. The number of benzene rings is 2. The van der Waals surface area contributed by atoms with E-state index in [2.05, 4.69) is 42.1 Å². The fourth-order valence-electron chi connectivity index (χ4n) is 3.75. The highest BCUT2D eigenvalue weighted by Crippen LogP contribution is 2.36.